The highest BCUT2D eigenvalue weighted by Crippen LogP contribution is 2.42. The summed E-state index contributed by atoms with van der Waals surface area (Å²) in [4.78, 5) is 20.1. The normalized spacial score (nSPS) is 11.3. The molecule has 7 nitrogen and oxygen atoms in total. The quantitative estimate of drug-likeness (QED) is 0.142. The van der Waals surface area contributed by atoms with Gasteiger partial charge in [-0.2, -0.15) is 5.26 Å². The van der Waals surface area contributed by atoms with E-state index in [-0.39, 0.29) is 0 Å². The van der Waals surface area contributed by atoms with Gasteiger partial charge in [0.2, 0.25) is 0 Å². The van der Waals surface area contributed by atoms with Crippen molar-refractivity contribution in [3.05, 3.63) is 254 Å². The number of hydrogen-bond acceptors (Lipinski definition) is 4. The Morgan fingerprint density at radius 2 is 0.833 bits per heavy atom. The molecule has 3 heterocycles. The average molecular weight is 918 g/mol. The van der Waals surface area contributed by atoms with Gasteiger partial charge in [-0.15, -0.1) is 0 Å². The first-order valence-electron chi connectivity index (χ1n) is 23.8. The second-order valence-electron chi connectivity index (χ2n) is 17.8. The van der Waals surface area contributed by atoms with Crippen LogP contribution in [-0.2, 0) is 0 Å². The summed E-state index contributed by atoms with van der Waals surface area (Å²) in [5.41, 5.74) is 15.2. The van der Waals surface area contributed by atoms with Gasteiger partial charge in [-0.3, -0.25) is 0 Å². The van der Waals surface area contributed by atoms with Gasteiger partial charge in [0.05, 0.1) is 46.0 Å². The van der Waals surface area contributed by atoms with Crippen LogP contribution >= 0.6 is 0 Å². The van der Waals surface area contributed by atoms with Crippen LogP contribution in [0.4, 0.5) is 5.69 Å². The Balaban J connectivity index is 1.09. The molecule has 0 atom stereocenters. The van der Waals surface area contributed by atoms with Crippen LogP contribution in [0.25, 0.3) is 127 Å². The van der Waals surface area contributed by atoms with Gasteiger partial charge < -0.3 is 9.13 Å². The van der Waals surface area contributed by atoms with E-state index in [1.807, 2.05) is 84.9 Å². The Bertz CT molecular complexity index is 4350. The van der Waals surface area contributed by atoms with Crippen LogP contribution in [0.5, 0.6) is 0 Å². The minimum absolute atomic E-state index is 0.445. The van der Waals surface area contributed by atoms with E-state index in [1.165, 1.54) is 0 Å². The van der Waals surface area contributed by atoms with Crippen molar-refractivity contribution in [3.63, 3.8) is 0 Å². The molecule has 0 fully saturated rings. The molecule has 7 heteroatoms. The molecule has 3 aromatic heterocycles. The Hall–Kier alpha value is -10.2. The van der Waals surface area contributed by atoms with Gasteiger partial charge in [0.25, 0.3) is 0 Å². The number of nitrogens with zero attached hydrogens (tertiary/aromatic N) is 7. The van der Waals surface area contributed by atoms with Crippen LogP contribution in [0.1, 0.15) is 5.56 Å². The van der Waals surface area contributed by atoms with E-state index in [0.29, 0.717) is 28.7 Å². The summed E-state index contributed by atoms with van der Waals surface area (Å²) in [5.74, 6) is 1.39. The highest BCUT2D eigenvalue weighted by Gasteiger charge is 2.24. The summed E-state index contributed by atoms with van der Waals surface area (Å²) in [6.07, 6.45) is 0. The zero-order valence-electron chi connectivity index (χ0n) is 38.6. The summed E-state index contributed by atoms with van der Waals surface area (Å²) in [5, 5.41) is 14.8. The third kappa shape index (κ3) is 7.08. The zero-order valence-corrected chi connectivity index (χ0v) is 38.6. The fraction of sp³-hybridized carbons (Fsp3) is 0. The molecule has 72 heavy (non-hydrogen) atoms. The van der Waals surface area contributed by atoms with E-state index < -0.39 is 0 Å². The van der Waals surface area contributed by atoms with Crippen molar-refractivity contribution in [1.29, 1.82) is 5.26 Å². The molecule has 334 valence electrons. The van der Waals surface area contributed by atoms with Gasteiger partial charge in [-0.25, -0.2) is 19.8 Å². The number of fused-ring (bicyclic) bond motifs is 6. The van der Waals surface area contributed by atoms with Crippen molar-refractivity contribution >= 4 is 49.3 Å². The predicted octanol–water partition coefficient (Wildman–Crippen LogP) is 16.5. The van der Waals surface area contributed by atoms with E-state index in [1.54, 1.807) is 0 Å². The smallest absolute Gasteiger partial charge is 0.189 e. The minimum atomic E-state index is 0.445. The highest BCUT2D eigenvalue weighted by atomic mass is 15.1. The van der Waals surface area contributed by atoms with Crippen LogP contribution < -0.4 is 0 Å². The van der Waals surface area contributed by atoms with Crippen molar-refractivity contribution < 1.29 is 0 Å². The molecule has 0 radical (unpaired) electrons. The number of nitriles is 1. The standard InChI is InChI=1S/C65H39N7/c1-67-49-32-33-53(62(40-49)72-58-28-16-14-26-52(58)55-38-46(30-35-60(55)72)43-19-7-3-8-20-43)64-68-63(44-21-9-4-10-22-44)69-65(70-64)56-39-47(50-24-12-11-23-48(50)41-66)31-36-61(56)71-57-27-15-13-25-51(57)54-37-45(29-34-59(54)71)42-17-5-2-6-18-42/h2-40H. The molecular weight excluding hydrogens is 879 g/mol. The van der Waals surface area contributed by atoms with Gasteiger partial charge >= 0.3 is 0 Å². The summed E-state index contributed by atoms with van der Waals surface area (Å²) in [7, 11) is 0. The fourth-order valence-corrected chi connectivity index (χ4v) is 10.3. The van der Waals surface area contributed by atoms with E-state index in [9.17, 15) is 5.26 Å². The lowest BCUT2D eigenvalue weighted by Crippen LogP contribution is -2.06. The predicted molar refractivity (Wildman–Crippen MR) is 292 cm³/mol. The molecule has 0 aliphatic carbocycles. The van der Waals surface area contributed by atoms with E-state index in [4.69, 9.17) is 21.5 Å². The van der Waals surface area contributed by atoms with Crippen LogP contribution in [0.3, 0.4) is 0 Å². The molecule has 0 saturated heterocycles. The summed E-state index contributed by atoms with van der Waals surface area (Å²) < 4.78 is 4.54. The molecular formula is C65H39N7. The minimum Gasteiger partial charge on any atom is -0.310 e. The number of benzene rings is 10. The van der Waals surface area contributed by atoms with E-state index >= 15 is 0 Å². The topological polar surface area (TPSA) is 76.7 Å². The van der Waals surface area contributed by atoms with Crippen LogP contribution in [0.2, 0.25) is 0 Å². The third-order valence-electron chi connectivity index (χ3n) is 13.7. The molecule has 0 bridgehead atoms. The Morgan fingerprint density at radius 1 is 0.347 bits per heavy atom. The van der Waals surface area contributed by atoms with Crippen LogP contribution in [0, 0.1) is 17.9 Å². The maximum absolute atomic E-state index is 10.4. The molecule has 0 aliphatic heterocycles. The largest absolute Gasteiger partial charge is 0.310 e. The van der Waals surface area contributed by atoms with E-state index in [2.05, 4.69) is 172 Å². The summed E-state index contributed by atoms with van der Waals surface area (Å²) >= 11 is 0. The van der Waals surface area contributed by atoms with Crippen molar-refractivity contribution in [1.82, 2.24) is 24.1 Å². The Morgan fingerprint density at radius 3 is 1.43 bits per heavy atom. The molecule has 0 spiro atoms. The number of aromatic nitrogens is 5. The molecule has 0 saturated carbocycles. The maximum atomic E-state index is 10.4. The Kier molecular flexibility index (Phi) is 10.1. The van der Waals surface area contributed by atoms with E-state index in [0.717, 1.165) is 105 Å². The lowest BCUT2D eigenvalue weighted by molar-refractivity contribution is 1.06. The summed E-state index contributed by atoms with van der Waals surface area (Å²) in [6.45, 7) is 8.22. The highest BCUT2D eigenvalue weighted by molar-refractivity contribution is 6.12. The molecule has 13 aromatic rings. The molecule has 0 aliphatic rings. The first-order chi connectivity index (χ1) is 35.6. The second kappa shape index (κ2) is 17.4. The first kappa shape index (κ1) is 41.9. The van der Waals surface area contributed by atoms with Gasteiger partial charge in [-0.05, 0) is 94.0 Å². The zero-order chi connectivity index (χ0) is 48.1. The third-order valence-corrected chi connectivity index (χ3v) is 13.7. The number of para-hydroxylation sites is 2. The lowest BCUT2D eigenvalue weighted by Gasteiger charge is -2.18. The number of rotatable bonds is 8. The molecule has 0 unspecified atom stereocenters. The van der Waals surface area contributed by atoms with Crippen molar-refractivity contribution in [2.45, 2.75) is 0 Å². The SMILES string of the molecule is [C-]#[N+]c1ccc(-c2nc(-c3ccccc3)nc(-c3cc(-c4ccccc4C#N)ccc3-n3c4ccccc4c4cc(-c5ccccc5)ccc43)n2)c(-n2c3ccccc3c3cc(-c4ccccc4)ccc32)c1. The fourth-order valence-electron chi connectivity index (χ4n) is 10.3. The van der Waals surface area contributed by atoms with Gasteiger partial charge in [0.15, 0.2) is 23.2 Å². The molecule has 0 amide bonds. The van der Waals surface area contributed by atoms with Crippen LogP contribution in [-0.4, -0.2) is 24.1 Å². The van der Waals surface area contributed by atoms with Gasteiger partial charge in [-0.1, -0.05) is 176 Å². The van der Waals surface area contributed by atoms with Gasteiger partial charge in [0, 0.05) is 43.9 Å². The first-order valence-corrected chi connectivity index (χ1v) is 23.8. The second-order valence-corrected chi connectivity index (χ2v) is 17.8. The monoisotopic (exact) mass is 917 g/mol. The van der Waals surface area contributed by atoms with Crippen molar-refractivity contribution in [2.75, 3.05) is 0 Å². The Labute approximate surface area is 415 Å². The number of hydrogen-bond donors (Lipinski definition) is 0. The molecule has 13 rings (SSSR count). The molecule has 0 N–H and O–H groups in total. The maximum Gasteiger partial charge on any atom is 0.189 e. The van der Waals surface area contributed by atoms with Crippen LogP contribution in [0.15, 0.2) is 237 Å². The summed E-state index contributed by atoms with van der Waals surface area (Å²) in [6, 6.07) is 83.2. The molecule has 10 aromatic carbocycles. The lowest BCUT2D eigenvalue weighted by atomic mass is 9.97. The van der Waals surface area contributed by atoms with Gasteiger partial charge in [0.1, 0.15) is 0 Å². The van der Waals surface area contributed by atoms with Crippen molar-refractivity contribution in [2.24, 2.45) is 0 Å². The average Bonchev–Trinajstić information content (AvgIpc) is 3.97. The van der Waals surface area contributed by atoms with Crippen molar-refractivity contribution in [3.8, 4) is 85.0 Å².